The van der Waals surface area contributed by atoms with Crippen molar-refractivity contribution in [1.29, 1.82) is 0 Å². The first kappa shape index (κ1) is 16.4. The van der Waals surface area contributed by atoms with Gasteiger partial charge in [0.2, 0.25) is 0 Å². The first-order valence-electron chi connectivity index (χ1n) is 9.68. The molecule has 1 aliphatic carbocycles. The van der Waals surface area contributed by atoms with Crippen LogP contribution in [0, 0.1) is 6.92 Å². The third-order valence-corrected chi connectivity index (χ3v) is 5.49. The van der Waals surface area contributed by atoms with Crippen LogP contribution in [0.5, 0.6) is 0 Å². The summed E-state index contributed by atoms with van der Waals surface area (Å²) in [5, 5.41) is 1.04. The fourth-order valence-electron chi connectivity index (χ4n) is 4.11. The smallest absolute Gasteiger partial charge is 0.164 e. The van der Waals surface area contributed by atoms with Crippen LogP contribution in [-0.4, -0.2) is 50.1 Å². The second kappa shape index (κ2) is 6.72. The Kier molecular flexibility index (Phi) is 4.07. The zero-order valence-corrected chi connectivity index (χ0v) is 15.5. The molecule has 0 aromatic carbocycles. The number of aromatic nitrogens is 5. The maximum atomic E-state index is 4.74. The van der Waals surface area contributed by atoms with Gasteiger partial charge >= 0.3 is 0 Å². The van der Waals surface area contributed by atoms with Crippen LogP contribution >= 0.6 is 0 Å². The van der Waals surface area contributed by atoms with E-state index in [1.165, 1.54) is 12.8 Å². The number of nitrogens with zero attached hydrogens (tertiary/aromatic N) is 7. The van der Waals surface area contributed by atoms with Crippen molar-refractivity contribution in [3.63, 3.8) is 0 Å². The molecule has 0 atom stereocenters. The van der Waals surface area contributed by atoms with Gasteiger partial charge in [-0.15, -0.1) is 0 Å². The van der Waals surface area contributed by atoms with Crippen LogP contribution in [0.1, 0.15) is 31.5 Å². The maximum absolute atomic E-state index is 4.74. The summed E-state index contributed by atoms with van der Waals surface area (Å²) in [6.45, 7) is 3.91. The lowest BCUT2D eigenvalue weighted by molar-refractivity contribution is 0.458. The molecular weight excluding hydrogens is 338 g/mol. The third-order valence-electron chi connectivity index (χ3n) is 5.49. The number of rotatable bonds is 4. The minimum atomic E-state index is 0.524. The molecule has 2 fully saturated rings. The molecule has 0 radical (unpaired) electrons. The Balaban J connectivity index is 1.37. The number of pyridine rings is 1. The summed E-state index contributed by atoms with van der Waals surface area (Å²) in [4.78, 5) is 27.1. The van der Waals surface area contributed by atoms with Gasteiger partial charge in [0.1, 0.15) is 23.8 Å². The number of anilines is 2. The first-order chi connectivity index (χ1) is 13.3. The second-order valence-electron chi connectivity index (χ2n) is 7.39. The van der Waals surface area contributed by atoms with E-state index in [1.807, 2.05) is 25.3 Å². The van der Waals surface area contributed by atoms with Crippen LogP contribution in [-0.2, 0) is 0 Å². The summed E-state index contributed by atoms with van der Waals surface area (Å²) in [5.74, 6) is 2.86. The zero-order chi connectivity index (χ0) is 18.2. The topological polar surface area (TPSA) is 70.9 Å². The Morgan fingerprint density at radius 2 is 1.78 bits per heavy atom. The largest absolute Gasteiger partial charge is 0.356 e. The van der Waals surface area contributed by atoms with Gasteiger partial charge in [0, 0.05) is 37.6 Å². The average molecular weight is 361 g/mol. The molecular formula is C20H23N7. The van der Waals surface area contributed by atoms with Gasteiger partial charge in [0.15, 0.2) is 5.65 Å². The summed E-state index contributed by atoms with van der Waals surface area (Å²) in [6.07, 6.45) is 10.0. The van der Waals surface area contributed by atoms with E-state index in [1.54, 1.807) is 12.5 Å². The highest BCUT2D eigenvalue weighted by molar-refractivity contribution is 5.86. The minimum absolute atomic E-state index is 0.524. The predicted octanol–water partition coefficient (Wildman–Crippen LogP) is 2.76. The maximum Gasteiger partial charge on any atom is 0.164 e. The molecule has 1 aliphatic heterocycles. The summed E-state index contributed by atoms with van der Waals surface area (Å²) in [7, 11) is 0. The van der Waals surface area contributed by atoms with E-state index in [2.05, 4.69) is 35.8 Å². The number of piperidine rings is 1. The van der Waals surface area contributed by atoms with Crippen LogP contribution in [0.2, 0.25) is 0 Å². The molecule has 1 saturated heterocycles. The van der Waals surface area contributed by atoms with Gasteiger partial charge in [-0.05, 0) is 50.8 Å². The number of fused-ring (bicyclic) bond motifs is 1. The fraction of sp³-hybridized carbons (Fsp3) is 0.450. The van der Waals surface area contributed by atoms with Crippen molar-refractivity contribution in [3.05, 3.63) is 42.7 Å². The van der Waals surface area contributed by atoms with Crippen LogP contribution in [0.4, 0.5) is 11.6 Å². The van der Waals surface area contributed by atoms with Crippen molar-refractivity contribution in [1.82, 2.24) is 24.9 Å². The van der Waals surface area contributed by atoms with Crippen molar-refractivity contribution in [2.45, 2.75) is 44.7 Å². The van der Waals surface area contributed by atoms with Crippen LogP contribution < -0.4 is 9.80 Å². The van der Waals surface area contributed by atoms with Crippen molar-refractivity contribution in [3.8, 4) is 0 Å². The Bertz CT molecular complexity index is 933. The van der Waals surface area contributed by atoms with Gasteiger partial charge in [-0.1, -0.05) is 0 Å². The quantitative estimate of drug-likeness (QED) is 0.707. The molecule has 27 heavy (non-hydrogen) atoms. The monoisotopic (exact) mass is 361 g/mol. The Morgan fingerprint density at radius 3 is 2.52 bits per heavy atom. The zero-order valence-electron chi connectivity index (χ0n) is 15.5. The highest BCUT2D eigenvalue weighted by atomic mass is 15.3. The molecule has 138 valence electrons. The van der Waals surface area contributed by atoms with E-state index in [0.717, 1.165) is 54.4 Å². The Hall–Kier alpha value is -2.83. The molecule has 7 heteroatoms. The van der Waals surface area contributed by atoms with E-state index in [4.69, 9.17) is 4.98 Å². The average Bonchev–Trinajstić information content (AvgIpc) is 3.54. The second-order valence-corrected chi connectivity index (χ2v) is 7.39. The van der Waals surface area contributed by atoms with Crippen molar-refractivity contribution in [2.75, 3.05) is 22.9 Å². The van der Waals surface area contributed by atoms with Crippen LogP contribution in [0.15, 0.2) is 36.9 Å². The van der Waals surface area contributed by atoms with Gasteiger partial charge in [0.25, 0.3) is 0 Å². The number of aryl methyl sites for hydroxylation is 1. The van der Waals surface area contributed by atoms with Gasteiger partial charge in [-0.25, -0.2) is 24.9 Å². The fourth-order valence-corrected chi connectivity index (χ4v) is 4.11. The molecule has 7 nitrogen and oxygen atoms in total. The molecule has 0 amide bonds. The lowest BCUT2D eigenvalue weighted by Crippen LogP contribution is -2.46. The summed E-state index contributed by atoms with van der Waals surface area (Å²) >= 11 is 0. The highest BCUT2D eigenvalue weighted by Crippen LogP contribution is 2.36. The summed E-state index contributed by atoms with van der Waals surface area (Å²) in [5.41, 5.74) is 0.780. The molecule has 0 spiro atoms. The summed E-state index contributed by atoms with van der Waals surface area (Å²) in [6, 6.07) is 7.23. The predicted molar refractivity (Wildman–Crippen MR) is 105 cm³/mol. The Labute approximate surface area is 158 Å². The third kappa shape index (κ3) is 3.18. The minimum Gasteiger partial charge on any atom is -0.356 e. The lowest BCUT2D eigenvalue weighted by Gasteiger charge is -2.40. The molecule has 1 saturated carbocycles. The highest BCUT2D eigenvalue weighted by Gasteiger charge is 2.36. The standard InChI is InChI=1S/C20H23N7/c1-14-24-19-17(3-2-9-22-19)20(25-14)26-11-7-16(8-12-26)27(15-4-5-15)18-6-10-21-13-23-18/h2-3,6,9-10,13,15-16H,4-5,7-8,11-12H2,1H3. The first-order valence-corrected chi connectivity index (χ1v) is 9.68. The van der Waals surface area contributed by atoms with E-state index in [-0.39, 0.29) is 0 Å². The van der Waals surface area contributed by atoms with E-state index < -0.39 is 0 Å². The van der Waals surface area contributed by atoms with Gasteiger partial charge < -0.3 is 9.80 Å². The van der Waals surface area contributed by atoms with Crippen molar-refractivity contribution < 1.29 is 0 Å². The van der Waals surface area contributed by atoms with Gasteiger partial charge in [0.05, 0.1) is 5.39 Å². The van der Waals surface area contributed by atoms with Gasteiger partial charge in [-0.2, -0.15) is 0 Å². The number of hydrogen-bond donors (Lipinski definition) is 0. The normalized spacial score (nSPS) is 18.0. The van der Waals surface area contributed by atoms with Crippen molar-refractivity contribution in [2.24, 2.45) is 0 Å². The SMILES string of the molecule is Cc1nc(N2CCC(N(c3ccncn3)C3CC3)CC2)c2cccnc2n1. The molecule has 2 aliphatic rings. The molecule has 0 unspecified atom stereocenters. The van der Waals surface area contributed by atoms with Crippen molar-refractivity contribution >= 4 is 22.7 Å². The molecule has 5 rings (SSSR count). The number of hydrogen-bond acceptors (Lipinski definition) is 7. The molecule has 0 N–H and O–H groups in total. The molecule has 3 aromatic rings. The van der Waals surface area contributed by atoms with E-state index in [0.29, 0.717) is 12.1 Å². The molecule has 4 heterocycles. The van der Waals surface area contributed by atoms with E-state index in [9.17, 15) is 0 Å². The molecule has 3 aromatic heterocycles. The lowest BCUT2D eigenvalue weighted by atomic mass is 10.0. The van der Waals surface area contributed by atoms with Gasteiger partial charge in [-0.3, -0.25) is 0 Å². The molecule has 0 bridgehead atoms. The summed E-state index contributed by atoms with van der Waals surface area (Å²) < 4.78 is 0. The van der Waals surface area contributed by atoms with Crippen LogP contribution in [0.3, 0.4) is 0 Å². The Morgan fingerprint density at radius 1 is 0.963 bits per heavy atom. The van der Waals surface area contributed by atoms with Crippen LogP contribution in [0.25, 0.3) is 11.0 Å². The van der Waals surface area contributed by atoms with E-state index >= 15 is 0 Å².